The van der Waals surface area contributed by atoms with Gasteiger partial charge in [0, 0.05) is 6.61 Å². The van der Waals surface area contributed by atoms with Crippen LogP contribution in [0.25, 0.3) is 0 Å². The van der Waals surface area contributed by atoms with Crippen molar-refractivity contribution in [3.05, 3.63) is 0 Å². The maximum Gasteiger partial charge on any atom is 0.0631 e. The molecule has 4 aliphatic carbocycles. The highest BCUT2D eigenvalue weighted by molar-refractivity contribution is 4.99. The van der Waals surface area contributed by atoms with Crippen LogP contribution in [-0.4, -0.2) is 25.8 Å². The van der Waals surface area contributed by atoms with Crippen LogP contribution in [-0.2, 0) is 4.74 Å². The lowest BCUT2D eigenvalue weighted by molar-refractivity contribution is -0.133. The lowest BCUT2D eigenvalue weighted by atomic mass is 9.55. The van der Waals surface area contributed by atoms with Crippen LogP contribution in [0, 0.1) is 29.6 Å². The van der Waals surface area contributed by atoms with Crippen LogP contribution in [0.5, 0.6) is 0 Å². The second-order valence-electron chi connectivity index (χ2n) is 7.42. The molecule has 1 aliphatic heterocycles. The van der Waals surface area contributed by atoms with E-state index >= 15 is 0 Å². The summed E-state index contributed by atoms with van der Waals surface area (Å²) in [5.74, 6) is 4.85. The fourth-order valence-electron chi connectivity index (χ4n) is 5.44. The Kier molecular flexibility index (Phi) is 3.12. The second kappa shape index (κ2) is 4.79. The predicted octanol–water partition coefficient (Wildman–Crippen LogP) is 2.83. The summed E-state index contributed by atoms with van der Waals surface area (Å²) in [5, 5.41) is 3.45. The van der Waals surface area contributed by atoms with Gasteiger partial charge in [0.1, 0.15) is 0 Å². The van der Waals surface area contributed by atoms with Gasteiger partial charge in [-0.3, -0.25) is 0 Å². The third kappa shape index (κ3) is 2.12. The summed E-state index contributed by atoms with van der Waals surface area (Å²) in [6, 6.07) is 0. The molecule has 0 spiro atoms. The van der Waals surface area contributed by atoms with Crippen molar-refractivity contribution in [1.82, 2.24) is 5.32 Å². The first kappa shape index (κ1) is 11.7. The summed E-state index contributed by atoms with van der Waals surface area (Å²) in [4.78, 5) is 0. The highest BCUT2D eigenvalue weighted by Crippen LogP contribution is 2.54. The van der Waals surface area contributed by atoms with Gasteiger partial charge in [-0.2, -0.15) is 0 Å². The number of rotatable bonds is 3. The molecule has 0 atom stereocenters. The molecule has 18 heavy (non-hydrogen) atoms. The van der Waals surface area contributed by atoms with Gasteiger partial charge in [0.2, 0.25) is 0 Å². The van der Waals surface area contributed by atoms with Gasteiger partial charge in [0.05, 0.1) is 6.10 Å². The van der Waals surface area contributed by atoms with Crippen LogP contribution in [0.2, 0.25) is 0 Å². The van der Waals surface area contributed by atoms with Crippen LogP contribution < -0.4 is 5.32 Å². The molecule has 1 N–H and O–H groups in total. The average molecular weight is 249 g/mol. The number of nitrogens with one attached hydrogen (secondary N) is 1. The molecule has 2 nitrogen and oxygen atoms in total. The molecule has 1 heterocycles. The molecule has 5 rings (SSSR count). The summed E-state index contributed by atoms with van der Waals surface area (Å²) < 4.78 is 6.43. The first-order valence-electron chi connectivity index (χ1n) is 8.21. The van der Waals surface area contributed by atoms with Crippen LogP contribution in [0.1, 0.15) is 44.9 Å². The van der Waals surface area contributed by atoms with Crippen LogP contribution in [0.15, 0.2) is 0 Å². The zero-order valence-electron chi connectivity index (χ0n) is 11.4. The highest BCUT2D eigenvalue weighted by Gasteiger charge is 2.48. The Hall–Kier alpha value is -0.0800. The van der Waals surface area contributed by atoms with Gasteiger partial charge in [0.25, 0.3) is 0 Å². The molecule has 1 saturated heterocycles. The topological polar surface area (TPSA) is 21.3 Å². The van der Waals surface area contributed by atoms with Gasteiger partial charge < -0.3 is 10.1 Å². The number of hydrogen-bond acceptors (Lipinski definition) is 2. The molecule has 0 aromatic heterocycles. The van der Waals surface area contributed by atoms with Crippen LogP contribution >= 0.6 is 0 Å². The first-order chi connectivity index (χ1) is 8.88. The fourth-order valence-corrected chi connectivity index (χ4v) is 5.44. The van der Waals surface area contributed by atoms with Crippen molar-refractivity contribution in [2.45, 2.75) is 51.0 Å². The van der Waals surface area contributed by atoms with Crippen molar-refractivity contribution in [3.8, 4) is 0 Å². The maximum absolute atomic E-state index is 6.43. The van der Waals surface area contributed by atoms with E-state index in [0.29, 0.717) is 6.10 Å². The summed E-state index contributed by atoms with van der Waals surface area (Å²) in [5.41, 5.74) is 0. The average Bonchev–Trinajstić information content (AvgIpc) is 2.38. The van der Waals surface area contributed by atoms with E-state index < -0.39 is 0 Å². The number of hydrogen-bond donors (Lipinski definition) is 1. The highest BCUT2D eigenvalue weighted by atomic mass is 16.5. The molecule has 0 aromatic carbocycles. The van der Waals surface area contributed by atoms with E-state index in [0.717, 1.165) is 36.2 Å². The number of ether oxygens (including phenoxy) is 1. The van der Waals surface area contributed by atoms with E-state index in [9.17, 15) is 0 Å². The molecule has 2 heteroatoms. The number of piperidine rings is 1. The van der Waals surface area contributed by atoms with E-state index in [2.05, 4.69) is 5.32 Å². The van der Waals surface area contributed by atoms with E-state index in [1.54, 1.807) is 6.42 Å². The van der Waals surface area contributed by atoms with Crippen LogP contribution in [0.3, 0.4) is 0 Å². The van der Waals surface area contributed by atoms with Gasteiger partial charge >= 0.3 is 0 Å². The third-order valence-electron chi connectivity index (χ3n) is 6.12. The summed E-state index contributed by atoms with van der Waals surface area (Å²) >= 11 is 0. The molecule has 4 bridgehead atoms. The van der Waals surface area contributed by atoms with Gasteiger partial charge in [-0.25, -0.2) is 0 Å². The lowest BCUT2D eigenvalue weighted by Crippen LogP contribution is -2.49. The van der Waals surface area contributed by atoms with Crippen molar-refractivity contribution < 1.29 is 4.74 Å². The minimum Gasteiger partial charge on any atom is -0.377 e. The molecule has 5 aliphatic rings. The van der Waals surface area contributed by atoms with Crippen molar-refractivity contribution in [2.24, 2.45) is 29.6 Å². The fraction of sp³-hybridized carbons (Fsp3) is 1.00. The van der Waals surface area contributed by atoms with E-state index in [1.165, 1.54) is 51.6 Å². The van der Waals surface area contributed by atoms with Crippen LogP contribution in [0.4, 0.5) is 0 Å². The van der Waals surface area contributed by atoms with Gasteiger partial charge in [0.15, 0.2) is 0 Å². The van der Waals surface area contributed by atoms with Crippen molar-refractivity contribution in [3.63, 3.8) is 0 Å². The summed E-state index contributed by atoms with van der Waals surface area (Å²) in [7, 11) is 0. The quantitative estimate of drug-likeness (QED) is 0.830. The normalized spacial score (nSPS) is 47.7. The monoisotopic (exact) mass is 249 g/mol. The van der Waals surface area contributed by atoms with E-state index in [-0.39, 0.29) is 0 Å². The largest absolute Gasteiger partial charge is 0.377 e. The first-order valence-corrected chi connectivity index (χ1v) is 8.21. The maximum atomic E-state index is 6.43. The zero-order valence-corrected chi connectivity index (χ0v) is 11.4. The van der Waals surface area contributed by atoms with Crippen molar-refractivity contribution in [1.29, 1.82) is 0 Å². The summed E-state index contributed by atoms with van der Waals surface area (Å²) in [6.07, 6.45) is 10.8. The predicted molar refractivity (Wildman–Crippen MR) is 72.4 cm³/mol. The van der Waals surface area contributed by atoms with Crippen molar-refractivity contribution in [2.75, 3.05) is 19.7 Å². The SMILES string of the molecule is C1CC(COC2C3CC4CC(C3)CC2C4)CCN1. The Morgan fingerprint density at radius 1 is 0.833 bits per heavy atom. The Balaban J connectivity index is 1.34. The molecule has 0 radical (unpaired) electrons. The van der Waals surface area contributed by atoms with Gasteiger partial charge in [-0.05, 0) is 87.6 Å². The Bertz CT molecular complexity index is 269. The molecule has 0 aromatic rings. The van der Waals surface area contributed by atoms with Gasteiger partial charge in [-0.15, -0.1) is 0 Å². The second-order valence-corrected chi connectivity index (χ2v) is 7.42. The molecular formula is C16H27NO. The minimum absolute atomic E-state index is 0.646. The Morgan fingerprint density at radius 2 is 1.44 bits per heavy atom. The summed E-state index contributed by atoms with van der Waals surface area (Å²) in [6.45, 7) is 3.46. The Labute approximate surface area is 111 Å². The lowest BCUT2D eigenvalue weighted by Gasteiger charge is -2.54. The molecule has 5 fully saturated rings. The molecule has 4 saturated carbocycles. The third-order valence-corrected chi connectivity index (χ3v) is 6.12. The molecular weight excluding hydrogens is 222 g/mol. The van der Waals surface area contributed by atoms with Gasteiger partial charge in [-0.1, -0.05) is 0 Å². The smallest absolute Gasteiger partial charge is 0.0631 e. The minimum atomic E-state index is 0.646. The van der Waals surface area contributed by atoms with E-state index in [1.807, 2.05) is 0 Å². The standard InChI is InChI=1S/C16H27NO/c1-3-17-4-2-11(1)10-18-16-14-6-12-5-13(8-14)9-15(16)7-12/h11-17H,1-10H2. The van der Waals surface area contributed by atoms with E-state index in [4.69, 9.17) is 4.74 Å². The zero-order chi connectivity index (χ0) is 11.9. The van der Waals surface area contributed by atoms with Crippen molar-refractivity contribution >= 4 is 0 Å². The molecule has 0 unspecified atom stereocenters. The molecule has 0 amide bonds. The molecule has 102 valence electrons. The Morgan fingerprint density at radius 3 is 2.06 bits per heavy atom.